The smallest absolute Gasteiger partial charge is 0.222 e. The third-order valence-corrected chi connectivity index (χ3v) is 5.69. The van der Waals surface area contributed by atoms with Crippen LogP contribution in [-0.4, -0.2) is 46.1 Å². The van der Waals surface area contributed by atoms with E-state index in [1.807, 2.05) is 35.7 Å². The Morgan fingerprint density at radius 3 is 2.96 bits per heavy atom. The Kier molecular flexibility index (Phi) is 8.19. The topological polar surface area (TPSA) is 53.7 Å². The zero-order chi connectivity index (χ0) is 17.4. The van der Waals surface area contributed by atoms with Crippen LogP contribution in [0.5, 0.6) is 0 Å². The number of hydrogen-bond donors (Lipinski definition) is 1. The van der Waals surface area contributed by atoms with Crippen LogP contribution in [0.1, 0.15) is 57.0 Å². The summed E-state index contributed by atoms with van der Waals surface area (Å²) in [6.07, 6.45) is 5.84. The first-order chi connectivity index (χ1) is 11.6. The first-order valence-corrected chi connectivity index (χ1v) is 10.4. The molecule has 2 atom stereocenters. The van der Waals surface area contributed by atoms with Crippen molar-refractivity contribution in [1.82, 2.24) is 4.90 Å². The third-order valence-electron chi connectivity index (χ3n) is 4.64. The second-order valence-electron chi connectivity index (χ2n) is 6.69. The highest BCUT2D eigenvalue weighted by molar-refractivity contribution is 7.99. The molecule has 0 bridgehead atoms. The lowest BCUT2D eigenvalue weighted by atomic mass is 10.0. The van der Waals surface area contributed by atoms with Crippen LogP contribution in [0, 0.1) is 6.92 Å². The van der Waals surface area contributed by atoms with Gasteiger partial charge in [-0.2, -0.15) is 11.8 Å². The van der Waals surface area contributed by atoms with Gasteiger partial charge in [0.25, 0.3) is 0 Å². The summed E-state index contributed by atoms with van der Waals surface area (Å²) >= 11 is 1.94. The van der Waals surface area contributed by atoms with Crippen molar-refractivity contribution in [2.45, 2.75) is 70.9 Å². The number of unbranched alkanes of at least 4 members (excludes halogenated alkanes) is 1. The van der Waals surface area contributed by atoms with Crippen molar-refractivity contribution in [2.75, 3.05) is 18.1 Å². The maximum atomic E-state index is 12.1. The van der Waals surface area contributed by atoms with Crippen molar-refractivity contribution in [3.63, 3.8) is 0 Å². The number of likely N-dealkylation sites (tertiary alicyclic amines) is 1. The normalized spacial score (nSPS) is 19.2. The fourth-order valence-electron chi connectivity index (χ4n) is 3.23. The molecule has 0 saturated carbocycles. The Labute approximate surface area is 150 Å². The molecule has 0 aliphatic carbocycles. The number of amides is 1. The number of carbonyl (C=O) groups excluding carboxylic acids is 1. The summed E-state index contributed by atoms with van der Waals surface area (Å²) in [6.45, 7) is 4.97. The number of hydrogen-bond acceptors (Lipinski definition) is 4. The van der Waals surface area contributed by atoms with E-state index < -0.39 is 6.10 Å². The molecule has 0 aromatic carbocycles. The number of carbonyl (C=O) groups is 1. The van der Waals surface area contributed by atoms with Crippen molar-refractivity contribution < 1.29 is 14.3 Å². The van der Waals surface area contributed by atoms with Crippen LogP contribution in [0.25, 0.3) is 0 Å². The summed E-state index contributed by atoms with van der Waals surface area (Å²) in [7, 11) is 0. The van der Waals surface area contributed by atoms with Gasteiger partial charge in [0.2, 0.25) is 5.91 Å². The quantitative estimate of drug-likeness (QED) is 0.615. The fourth-order valence-corrected chi connectivity index (χ4v) is 4.25. The molecule has 1 fully saturated rings. The molecule has 1 aromatic rings. The number of aliphatic hydroxyl groups is 1. The summed E-state index contributed by atoms with van der Waals surface area (Å²) in [6, 6.07) is 4.16. The molecule has 0 unspecified atom stereocenters. The van der Waals surface area contributed by atoms with Gasteiger partial charge in [0.1, 0.15) is 11.5 Å². The highest BCUT2D eigenvalue weighted by Gasteiger charge is 2.30. The third kappa shape index (κ3) is 6.17. The molecule has 24 heavy (non-hydrogen) atoms. The van der Waals surface area contributed by atoms with Crippen molar-refractivity contribution in [3.8, 4) is 0 Å². The van der Waals surface area contributed by atoms with Crippen LogP contribution in [0.3, 0.4) is 0 Å². The second-order valence-corrected chi connectivity index (χ2v) is 7.92. The maximum Gasteiger partial charge on any atom is 0.222 e. The molecule has 0 radical (unpaired) electrons. The lowest BCUT2D eigenvalue weighted by Gasteiger charge is -2.25. The van der Waals surface area contributed by atoms with Gasteiger partial charge < -0.3 is 14.4 Å². The lowest BCUT2D eigenvalue weighted by molar-refractivity contribution is -0.128. The van der Waals surface area contributed by atoms with Crippen LogP contribution >= 0.6 is 11.8 Å². The minimum Gasteiger partial charge on any atom is -0.466 e. The summed E-state index contributed by atoms with van der Waals surface area (Å²) in [5.74, 6) is 4.21. The van der Waals surface area contributed by atoms with E-state index in [4.69, 9.17) is 4.42 Å². The number of furan rings is 1. The fraction of sp³-hybridized carbons (Fsp3) is 0.737. The van der Waals surface area contributed by atoms with Gasteiger partial charge in [-0.05, 0) is 50.5 Å². The van der Waals surface area contributed by atoms with Crippen LogP contribution in [-0.2, 0) is 11.2 Å². The first-order valence-electron chi connectivity index (χ1n) is 9.20. The molecule has 136 valence electrons. The van der Waals surface area contributed by atoms with E-state index in [0.29, 0.717) is 18.9 Å². The van der Waals surface area contributed by atoms with Crippen LogP contribution in [0.15, 0.2) is 16.5 Å². The summed E-state index contributed by atoms with van der Waals surface area (Å²) in [5, 5.41) is 10.2. The molecular formula is C19H31NO3S. The number of aliphatic hydroxyl groups excluding tert-OH is 1. The van der Waals surface area contributed by atoms with Crippen molar-refractivity contribution in [3.05, 3.63) is 23.7 Å². The van der Waals surface area contributed by atoms with Crippen molar-refractivity contribution >= 4 is 17.7 Å². The second kappa shape index (κ2) is 10.1. The number of nitrogens with zero attached hydrogens (tertiary/aromatic N) is 1. The average Bonchev–Trinajstić information content (AvgIpc) is 3.11. The predicted molar refractivity (Wildman–Crippen MR) is 99.4 cm³/mol. The molecule has 1 aliphatic heterocycles. The SMILES string of the molecule is CCCCSCCN1C(=O)CC[C@@H]1CC[C@@H](O)Cc1ccc(C)o1. The molecule has 0 spiro atoms. The van der Waals surface area contributed by atoms with Gasteiger partial charge >= 0.3 is 0 Å². The van der Waals surface area contributed by atoms with E-state index in [-0.39, 0.29) is 5.91 Å². The number of thioether (sulfide) groups is 1. The summed E-state index contributed by atoms with van der Waals surface area (Å²) in [5.41, 5.74) is 0. The Bertz CT molecular complexity index is 503. The molecule has 1 saturated heterocycles. The molecule has 2 heterocycles. The van der Waals surface area contributed by atoms with Crippen LogP contribution in [0.4, 0.5) is 0 Å². The Balaban J connectivity index is 1.70. The molecule has 1 aromatic heterocycles. The molecule has 1 amide bonds. The summed E-state index contributed by atoms with van der Waals surface area (Å²) in [4.78, 5) is 14.1. The highest BCUT2D eigenvalue weighted by atomic mass is 32.2. The molecule has 5 heteroatoms. The van der Waals surface area contributed by atoms with Gasteiger partial charge in [-0.3, -0.25) is 4.79 Å². The number of rotatable bonds is 11. The van der Waals surface area contributed by atoms with Gasteiger partial charge in [0, 0.05) is 31.2 Å². The molecular weight excluding hydrogens is 322 g/mol. The monoisotopic (exact) mass is 353 g/mol. The van der Waals surface area contributed by atoms with Gasteiger partial charge in [0.05, 0.1) is 6.10 Å². The Morgan fingerprint density at radius 2 is 2.25 bits per heavy atom. The highest BCUT2D eigenvalue weighted by Crippen LogP contribution is 2.24. The van der Waals surface area contributed by atoms with Crippen molar-refractivity contribution in [2.24, 2.45) is 0 Å². The standard InChI is InChI=1S/C19H31NO3S/c1-3-4-12-24-13-11-20-16(7-10-19(20)22)6-8-17(21)14-18-9-5-15(2)23-18/h5,9,16-17,21H,3-4,6-8,10-14H2,1-2H3/t16-,17+/m0/s1. The summed E-state index contributed by atoms with van der Waals surface area (Å²) < 4.78 is 5.52. The largest absolute Gasteiger partial charge is 0.466 e. The van der Waals surface area contributed by atoms with Gasteiger partial charge in [-0.15, -0.1) is 0 Å². The predicted octanol–water partition coefficient (Wildman–Crippen LogP) is 3.80. The van der Waals surface area contributed by atoms with Gasteiger partial charge in [-0.1, -0.05) is 13.3 Å². The van der Waals surface area contributed by atoms with E-state index in [9.17, 15) is 9.90 Å². The van der Waals surface area contributed by atoms with E-state index >= 15 is 0 Å². The van der Waals surface area contributed by atoms with E-state index in [2.05, 4.69) is 6.92 Å². The van der Waals surface area contributed by atoms with E-state index in [1.54, 1.807) is 0 Å². The Morgan fingerprint density at radius 1 is 1.42 bits per heavy atom. The van der Waals surface area contributed by atoms with E-state index in [1.165, 1.54) is 18.6 Å². The molecule has 1 N–H and O–H groups in total. The van der Waals surface area contributed by atoms with Gasteiger partial charge in [-0.25, -0.2) is 0 Å². The first kappa shape index (κ1) is 19.4. The number of aryl methyl sites for hydroxylation is 1. The van der Waals surface area contributed by atoms with Gasteiger partial charge in [0.15, 0.2) is 0 Å². The van der Waals surface area contributed by atoms with Crippen LogP contribution in [0.2, 0.25) is 0 Å². The minimum atomic E-state index is -0.396. The minimum absolute atomic E-state index is 0.284. The molecule has 4 nitrogen and oxygen atoms in total. The van der Waals surface area contributed by atoms with E-state index in [0.717, 1.165) is 43.1 Å². The molecule has 2 rings (SSSR count). The lowest BCUT2D eigenvalue weighted by Crippen LogP contribution is -2.35. The zero-order valence-electron chi connectivity index (χ0n) is 15.0. The molecule has 1 aliphatic rings. The average molecular weight is 354 g/mol. The van der Waals surface area contributed by atoms with Crippen molar-refractivity contribution in [1.29, 1.82) is 0 Å². The van der Waals surface area contributed by atoms with Crippen LogP contribution < -0.4 is 0 Å². The Hall–Kier alpha value is -0.940. The zero-order valence-corrected chi connectivity index (χ0v) is 15.8. The maximum absolute atomic E-state index is 12.1.